The van der Waals surface area contributed by atoms with Crippen LogP contribution in [0.3, 0.4) is 0 Å². The van der Waals surface area contributed by atoms with Crippen LogP contribution in [0.15, 0.2) is 59.9 Å². The molecule has 2 aromatic carbocycles. The van der Waals surface area contributed by atoms with Gasteiger partial charge in [-0.3, -0.25) is 4.79 Å². The standard InChI is InChI=1S/C23H26N2O3S/c1-17(26)28-22(21-10-6-3-7-11-21)23(29)25(24-27)16-18-12-14-20(15-13-18)19-8-4-2-5-9-19/h3,6-7,10-15,19,22H,2,4-5,8-9,16H2,1H3. The van der Waals surface area contributed by atoms with Gasteiger partial charge in [0.2, 0.25) is 0 Å². The minimum Gasteiger partial charge on any atom is -0.450 e. The number of nitroso groups, excluding NO2 is 1. The van der Waals surface area contributed by atoms with Crippen LogP contribution in [0.1, 0.15) is 67.7 Å². The molecular formula is C23H26N2O3S. The third kappa shape index (κ3) is 5.70. The fourth-order valence-electron chi connectivity index (χ4n) is 3.84. The summed E-state index contributed by atoms with van der Waals surface area (Å²) in [5.74, 6) is 0.162. The van der Waals surface area contributed by atoms with Gasteiger partial charge in [0.15, 0.2) is 6.10 Å². The van der Waals surface area contributed by atoms with Crippen molar-refractivity contribution >= 4 is 23.2 Å². The van der Waals surface area contributed by atoms with Gasteiger partial charge in [-0.15, -0.1) is 4.91 Å². The molecular weight excluding hydrogens is 384 g/mol. The van der Waals surface area contributed by atoms with Gasteiger partial charge in [0.1, 0.15) is 4.99 Å². The molecule has 0 heterocycles. The number of carbonyl (C=O) groups is 1. The zero-order chi connectivity index (χ0) is 20.6. The Labute approximate surface area is 177 Å². The van der Waals surface area contributed by atoms with Crippen LogP contribution in [0.4, 0.5) is 0 Å². The monoisotopic (exact) mass is 410 g/mol. The highest BCUT2D eigenvalue weighted by Crippen LogP contribution is 2.32. The minimum atomic E-state index is -0.831. The highest BCUT2D eigenvalue weighted by Gasteiger charge is 2.26. The molecule has 0 bridgehead atoms. The van der Waals surface area contributed by atoms with Crippen molar-refractivity contribution in [3.63, 3.8) is 0 Å². The van der Waals surface area contributed by atoms with E-state index >= 15 is 0 Å². The van der Waals surface area contributed by atoms with E-state index in [-0.39, 0.29) is 11.5 Å². The molecule has 152 valence electrons. The number of nitrogens with zero attached hydrogens (tertiary/aromatic N) is 2. The number of thiocarbonyl (C=S) groups is 1. The lowest BCUT2D eigenvalue weighted by molar-refractivity contribution is -0.143. The maximum atomic E-state index is 11.6. The quantitative estimate of drug-likeness (QED) is 0.248. The number of hydrogen-bond donors (Lipinski definition) is 0. The number of esters is 1. The van der Waals surface area contributed by atoms with E-state index in [1.165, 1.54) is 49.6 Å². The summed E-state index contributed by atoms with van der Waals surface area (Å²) in [6.45, 7) is 1.55. The van der Waals surface area contributed by atoms with Crippen molar-refractivity contribution in [2.75, 3.05) is 0 Å². The molecule has 0 spiro atoms. The first-order valence-corrected chi connectivity index (χ1v) is 10.4. The van der Waals surface area contributed by atoms with E-state index in [1.54, 1.807) is 0 Å². The Kier molecular flexibility index (Phi) is 7.47. The first kappa shape index (κ1) is 21.1. The second kappa shape index (κ2) is 10.3. The van der Waals surface area contributed by atoms with Crippen LogP contribution in [-0.4, -0.2) is 16.0 Å². The molecule has 0 saturated heterocycles. The fraction of sp³-hybridized carbons (Fsp3) is 0.391. The molecule has 1 aliphatic rings. The Morgan fingerprint density at radius 1 is 1.10 bits per heavy atom. The molecule has 1 unspecified atom stereocenters. The zero-order valence-corrected chi connectivity index (χ0v) is 17.4. The Balaban J connectivity index is 1.72. The number of rotatable bonds is 7. The van der Waals surface area contributed by atoms with Gasteiger partial charge in [0, 0.05) is 6.92 Å². The maximum absolute atomic E-state index is 11.6. The van der Waals surface area contributed by atoms with Gasteiger partial charge in [-0.2, -0.15) is 0 Å². The topological polar surface area (TPSA) is 59.0 Å². The number of benzene rings is 2. The molecule has 6 heteroatoms. The lowest BCUT2D eigenvalue weighted by atomic mass is 9.84. The van der Waals surface area contributed by atoms with Crippen molar-refractivity contribution in [1.29, 1.82) is 0 Å². The van der Waals surface area contributed by atoms with Gasteiger partial charge < -0.3 is 4.74 Å². The van der Waals surface area contributed by atoms with E-state index in [1.807, 2.05) is 42.5 Å². The second-order valence-corrected chi connectivity index (χ2v) is 7.87. The number of ether oxygens (including phenoxy) is 1. The van der Waals surface area contributed by atoms with Gasteiger partial charge in [-0.05, 0) is 35.4 Å². The van der Waals surface area contributed by atoms with E-state index in [4.69, 9.17) is 17.0 Å². The summed E-state index contributed by atoms with van der Waals surface area (Å²) in [5, 5.41) is 4.29. The summed E-state index contributed by atoms with van der Waals surface area (Å²) in [6.07, 6.45) is 5.57. The summed E-state index contributed by atoms with van der Waals surface area (Å²) in [4.78, 5) is 23.3. The van der Waals surface area contributed by atoms with E-state index in [0.29, 0.717) is 11.5 Å². The molecule has 1 aliphatic carbocycles. The average Bonchev–Trinajstić information content (AvgIpc) is 2.77. The van der Waals surface area contributed by atoms with Crippen LogP contribution >= 0.6 is 12.2 Å². The lowest BCUT2D eigenvalue weighted by Gasteiger charge is -2.24. The van der Waals surface area contributed by atoms with Gasteiger partial charge in [-0.1, -0.05) is 86.1 Å². The van der Waals surface area contributed by atoms with E-state index in [2.05, 4.69) is 17.4 Å². The van der Waals surface area contributed by atoms with Crippen LogP contribution in [-0.2, 0) is 16.1 Å². The van der Waals surface area contributed by atoms with E-state index < -0.39 is 12.1 Å². The van der Waals surface area contributed by atoms with Crippen molar-refractivity contribution in [2.45, 2.75) is 57.6 Å². The summed E-state index contributed by atoms with van der Waals surface area (Å²) < 4.78 is 5.40. The first-order valence-electron chi connectivity index (χ1n) is 10.0. The van der Waals surface area contributed by atoms with E-state index in [9.17, 15) is 9.70 Å². The Bertz CT molecular complexity index is 833. The minimum absolute atomic E-state index is 0.165. The van der Waals surface area contributed by atoms with Crippen LogP contribution in [0, 0.1) is 4.91 Å². The van der Waals surface area contributed by atoms with Gasteiger partial charge in [0.25, 0.3) is 0 Å². The summed E-state index contributed by atoms with van der Waals surface area (Å²) >= 11 is 5.48. The summed E-state index contributed by atoms with van der Waals surface area (Å²) in [6, 6.07) is 17.5. The molecule has 0 N–H and O–H groups in total. The molecule has 0 aliphatic heterocycles. The van der Waals surface area contributed by atoms with Crippen LogP contribution in [0.2, 0.25) is 0 Å². The number of carbonyl (C=O) groups excluding carboxylic acids is 1. The van der Waals surface area contributed by atoms with Crippen molar-refractivity contribution < 1.29 is 9.53 Å². The third-order valence-corrected chi connectivity index (χ3v) is 5.78. The third-order valence-electron chi connectivity index (χ3n) is 5.35. The first-order chi connectivity index (χ1) is 14.1. The Hall–Kier alpha value is -2.60. The largest absolute Gasteiger partial charge is 0.450 e. The summed E-state index contributed by atoms with van der Waals surface area (Å²) in [7, 11) is 0. The summed E-state index contributed by atoms with van der Waals surface area (Å²) in [5.41, 5.74) is 2.99. The second-order valence-electron chi connectivity index (χ2n) is 7.45. The molecule has 5 nitrogen and oxygen atoms in total. The fourth-order valence-corrected chi connectivity index (χ4v) is 4.12. The molecule has 1 saturated carbocycles. The average molecular weight is 411 g/mol. The van der Waals surface area contributed by atoms with Gasteiger partial charge in [0.05, 0.1) is 11.8 Å². The molecule has 29 heavy (non-hydrogen) atoms. The lowest BCUT2D eigenvalue weighted by Crippen LogP contribution is -2.31. The molecule has 0 amide bonds. The van der Waals surface area contributed by atoms with Crippen molar-refractivity contribution in [2.24, 2.45) is 5.29 Å². The molecule has 3 rings (SSSR count). The van der Waals surface area contributed by atoms with Gasteiger partial charge in [-0.25, -0.2) is 5.01 Å². The SMILES string of the molecule is CC(=O)OC(C(=S)N(Cc1ccc(C2CCCCC2)cc1)N=O)c1ccccc1. The zero-order valence-electron chi connectivity index (χ0n) is 16.6. The molecule has 1 fully saturated rings. The van der Waals surface area contributed by atoms with Crippen molar-refractivity contribution in [1.82, 2.24) is 5.01 Å². The van der Waals surface area contributed by atoms with Crippen LogP contribution < -0.4 is 0 Å². The molecule has 2 aromatic rings. The molecule has 0 radical (unpaired) electrons. The normalized spacial score (nSPS) is 15.3. The van der Waals surface area contributed by atoms with E-state index in [0.717, 1.165) is 5.56 Å². The van der Waals surface area contributed by atoms with Crippen LogP contribution in [0.25, 0.3) is 0 Å². The maximum Gasteiger partial charge on any atom is 0.303 e. The highest BCUT2D eigenvalue weighted by molar-refractivity contribution is 7.80. The Morgan fingerprint density at radius 2 is 1.76 bits per heavy atom. The van der Waals surface area contributed by atoms with Crippen LogP contribution in [0.5, 0.6) is 0 Å². The highest BCUT2D eigenvalue weighted by atomic mass is 32.1. The number of hydrogen-bond acceptors (Lipinski definition) is 5. The molecule has 0 aromatic heterocycles. The van der Waals surface area contributed by atoms with Gasteiger partial charge >= 0.3 is 5.97 Å². The van der Waals surface area contributed by atoms with Crippen molar-refractivity contribution in [3.05, 3.63) is 76.2 Å². The predicted molar refractivity (Wildman–Crippen MR) is 117 cm³/mol. The molecule has 1 atom stereocenters. The smallest absolute Gasteiger partial charge is 0.303 e. The predicted octanol–water partition coefficient (Wildman–Crippen LogP) is 5.85. The van der Waals surface area contributed by atoms with Crippen molar-refractivity contribution in [3.8, 4) is 0 Å². The Morgan fingerprint density at radius 3 is 2.34 bits per heavy atom.